The van der Waals surface area contributed by atoms with Gasteiger partial charge in [0.1, 0.15) is 0 Å². The molecular formula is C13H14Cl3NO3. The second kappa shape index (κ2) is 6.39. The Balaban J connectivity index is 2.27. The van der Waals surface area contributed by atoms with Crippen LogP contribution in [-0.2, 0) is 14.3 Å². The summed E-state index contributed by atoms with van der Waals surface area (Å²) in [5.41, 5.74) is 1.35. The molecule has 0 bridgehead atoms. The molecule has 0 radical (unpaired) electrons. The number of benzene rings is 1. The van der Waals surface area contributed by atoms with E-state index in [2.05, 4.69) is 5.32 Å². The molecule has 2 atom stereocenters. The summed E-state index contributed by atoms with van der Waals surface area (Å²) in [6.45, 7) is 2.24. The molecule has 0 spiro atoms. The van der Waals surface area contributed by atoms with E-state index in [0.29, 0.717) is 17.9 Å². The Morgan fingerprint density at radius 3 is 2.75 bits per heavy atom. The van der Waals surface area contributed by atoms with E-state index in [-0.39, 0.29) is 0 Å². The largest absolute Gasteiger partial charge is 0.464 e. The van der Waals surface area contributed by atoms with E-state index in [1.807, 2.05) is 13.0 Å². The minimum atomic E-state index is -1.70. The number of halogens is 3. The number of esters is 1. The third-order valence-corrected chi connectivity index (χ3v) is 3.36. The normalized spacial score (nSPS) is 21.8. The van der Waals surface area contributed by atoms with E-state index in [4.69, 9.17) is 44.3 Å². The molecule has 0 aliphatic carbocycles. The lowest BCUT2D eigenvalue weighted by molar-refractivity contribution is -0.161. The van der Waals surface area contributed by atoms with E-state index in [1.54, 1.807) is 18.2 Å². The van der Waals surface area contributed by atoms with E-state index in [9.17, 15) is 4.79 Å². The summed E-state index contributed by atoms with van der Waals surface area (Å²) in [4.78, 5) is 12.1. The van der Waals surface area contributed by atoms with Gasteiger partial charge in [-0.25, -0.2) is 4.79 Å². The van der Waals surface area contributed by atoms with Gasteiger partial charge in [-0.05, 0) is 12.5 Å². The van der Waals surface area contributed by atoms with Gasteiger partial charge in [0, 0.05) is 11.3 Å². The Labute approximate surface area is 132 Å². The van der Waals surface area contributed by atoms with Crippen LogP contribution in [0.15, 0.2) is 24.3 Å². The van der Waals surface area contributed by atoms with E-state index in [0.717, 1.165) is 6.42 Å². The Kier molecular flexibility index (Phi) is 5.02. The molecule has 7 heteroatoms. The van der Waals surface area contributed by atoms with Crippen molar-refractivity contribution in [3.63, 3.8) is 0 Å². The van der Waals surface area contributed by atoms with Crippen molar-refractivity contribution in [1.29, 1.82) is 0 Å². The predicted molar refractivity (Wildman–Crippen MR) is 79.2 cm³/mol. The van der Waals surface area contributed by atoms with E-state index >= 15 is 0 Å². The predicted octanol–water partition coefficient (Wildman–Crippen LogP) is 3.82. The van der Waals surface area contributed by atoms with Crippen molar-refractivity contribution in [2.24, 2.45) is 0 Å². The first-order chi connectivity index (χ1) is 9.43. The number of ether oxygens (including phenoxy) is 2. The number of alkyl halides is 3. The number of carbonyl (C=O) groups excluding carboxylic acids is 1. The number of para-hydroxylation sites is 1. The number of anilines is 1. The lowest BCUT2D eigenvalue weighted by Gasteiger charge is -2.35. The highest BCUT2D eigenvalue weighted by Gasteiger charge is 2.42. The summed E-state index contributed by atoms with van der Waals surface area (Å²) in [6, 6.07) is 7.19. The molecule has 1 N–H and O–H groups in total. The summed E-state index contributed by atoms with van der Waals surface area (Å²) >= 11 is 17.5. The average molecular weight is 339 g/mol. The molecule has 2 rings (SSSR count). The molecule has 110 valence electrons. The van der Waals surface area contributed by atoms with Gasteiger partial charge in [0.05, 0.1) is 6.61 Å². The third-order valence-electron chi connectivity index (χ3n) is 2.76. The molecule has 0 fully saturated rings. The van der Waals surface area contributed by atoms with Gasteiger partial charge in [-0.15, -0.1) is 0 Å². The molecule has 0 amide bonds. The lowest BCUT2D eigenvalue weighted by atomic mass is 10.1. The van der Waals surface area contributed by atoms with E-state index in [1.165, 1.54) is 0 Å². The van der Waals surface area contributed by atoms with Crippen molar-refractivity contribution in [3.05, 3.63) is 29.8 Å². The molecule has 0 saturated carbocycles. The van der Waals surface area contributed by atoms with Gasteiger partial charge < -0.3 is 14.8 Å². The molecule has 1 aliphatic heterocycles. The van der Waals surface area contributed by atoms with Gasteiger partial charge in [0.2, 0.25) is 3.79 Å². The van der Waals surface area contributed by atoms with Crippen LogP contribution < -0.4 is 5.32 Å². The van der Waals surface area contributed by atoms with Crippen molar-refractivity contribution in [3.8, 4) is 0 Å². The van der Waals surface area contributed by atoms with Crippen LogP contribution in [0.3, 0.4) is 0 Å². The molecule has 2 unspecified atom stereocenters. The van der Waals surface area contributed by atoms with Gasteiger partial charge in [0.15, 0.2) is 12.3 Å². The van der Waals surface area contributed by atoms with Crippen LogP contribution in [0, 0.1) is 0 Å². The quantitative estimate of drug-likeness (QED) is 0.672. The van der Waals surface area contributed by atoms with Crippen LogP contribution in [-0.4, -0.2) is 22.6 Å². The fourth-order valence-corrected chi connectivity index (χ4v) is 2.18. The van der Waals surface area contributed by atoms with Crippen LogP contribution >= 0.6 is 34.8 Å². The van der Waals surface area contributed by atoms with Crippen molar-refractivity contribution >= 4 is 46.5 Å². The molecule has 0 saturated heterocycles. The average Bonchev–Trinajstić information content (AvgIpc) is 2.42. The molecule has 1 aliphatic rings. The molecule has 0 aromatic heterocycles. The minimum Gasteiger partial charge on any atom is -0.464 e. The van der Waals surface area contributed by atoms with Crippen molar-refractivity contribution < 1.29 is 14.3 Å². The maximum absolute atomic E-state index is 12.1. The zero-order chi connectivity index (χ0) is 14.8. The lowest BCUT2D eigenvalue weighted by Crippen LogP contribution is -2.42. The van der Waals surface area contributed by atoms with Gasteiger partial charge >= 0.3 is 5.97 Å². The molecular weight excluding hydrogens is 325 g/mol. The molecule has 1 aromatic carbocycles. The zero-order valence-electron chi connectivity index (χ0n) is 10.7. The number of hydrogen-bond donors (Lipinski definition) is 1. The van der Waals surface area contributed by atoms with Crippen LogP contribution in [0.25, 0.3) is 0 Å². The highest BCUT2D eigenvalue weighted by atomic mass is 35.6. The topological polar surface area (TPSA) is 47.6 Å². The Bertz CT molecular complexity index is 490. The maximum Gasteiger partial charge on any atom is 0.340 e. The summed E-state index contributed by atoms with van der Waals surface area (Å²) in [7, 11) is 0. The number of hydrogen-bond acceptors (Lipinski definition) is 4. The van der Waals surface area contributed by atoms with Gasteiger partial charge in [0.25, 0.3) is 0 Å². The van der Waals surface area contributed by atoms with Crippen LogP contribution in [0.4, 0.5) is 5.69 Å². The minimum absolute atomic E-state index is 0.326. The highest BCUT2D eigenvalue weighted by Crippen LogP contribution is 2.41. The molecule has 4 nitrogen and oxygen atoms in total. The monoisotopic (exact) mass is 337 g/mol. The van der Waals surface area contributed by atoms with Crippen molar-refractivity contribution in [2.75, 3.05) is 11.9 Å². The van der Waals surface area contributed by atoms with Gasteiger partial charge in [-0.2, -0.15) is 0 Å². The van der Waals surface area contributed by atoms with Crippen molar-refractivity contribution in [1.82, 2.24) is 0 Å². The molecule has 20 heavy (non-hydrogen) atoms. The molecule has 1 heterocycles. The Morgan fingerprint density at radius 1 is 1.40 bits per heavy atom. The number of fused-ring (bicyclic) bond motifs is 1. The van der Waals surface area contributed by atoms with Crippen LogP contribution in [0.2, 0.25) is 0 Å². The summed E-state index contributed by atoms with van der Waals surface area (Å²) < 4.78 is 8.98. The summed E-state index contributed by atoms with van der Waals surface area (Å²) in [5.74, 6) is -0.486. The smallest absolute Gasteiger partial charge is 0.340 e. The second-order valence-corrected chi connectivity index (χ2v) is 6.71. The summed E-state index contributed by atoms with van der Waals surface area (Å²) in [5, 5.41) is 2.95. The number of rotatable bonds is 3. The van der Waals surface area contributed by atoms with Gasteiger partial charge in [-0.1, -0.05) is 59.9 Å². The second-order valence-electron chi connectivity index (χ2n) is 4.34. The third kappa shape index (κ3) is 3.50. The van der Waals surface area contributed by atoms with E-state index < -0.39 is 22.1 Å². The Hall–Kier alpha value is -0.680. The zero-order valence-corrected chi connectivity index (χ0v) is 13.0. The van der Waals surface area contributed by atoms with Gasteiger partial charge in [-0.3, -0.25) is 0 Å². The fraction of sp³-hybridized carbons (Fsp3) is 0.462. The Morgan fingerprint density at radius 2 is 2.10 bits per heavy atom. The first kappa shape index (κ1) is 15.7. The number of carbonyl (C=O) groups is 1. The van der Waals surface area contributed by atoms with Crippen molar-refractivity contribution in [2.45, 2.75) is 29.5 Å². The first-order valence-electron chi connectivity index (χ1n) is 6.17. The fourth-order valence-electron chi connectivity index (χ4n) is 1.86. The highest BCUT2D eigenvalue weighted by molar-refractivity contribution is 6.68. The number of nitrogens with one attached hydrogen (secondary N) is 1. The van der Waals surface area contributed by atoms with Crippen LogP contribution in [0.5, 0.6) is 0 Å². The summed E-state index contributed by atoms with van der Waals surface area (Å²) in [6.07, 6.45) is -1.10. The maximum atomic E-state index is 12.1. The first-order valence-corrected chi connectivity index (χ1v) is 7.31. The molecule has 1 aromatic rings. The van der Waals surface area contributed by atoms with Crippen LogP contribution in [0.1, 0.15) is 25.0 Å². The SMILES string of the molecule is CCCOC(=O)C1OC(C(Cl)(Cl)Cl)Nc2ccccc21. The standard InChI is InChI=1S/C13H14Cl3NO3/c1-2-7-19-11(18)10-8-5-3-4-6-9(8)17-12(20-10)13(14,15)16/h3-6,10,12,17H,2,7H2,1H3.